The molecule has 0 aliphatic heterocycles. The summed E-state index contributed by atoms with van der Waals surface area (Å²) in [5.74, 6) is 6.78. The Hall–Kier alpha value is -1.20. The van der Waals surface area contributed by atoms with Gasteiger partial charge in [0.05, 0.1) is 0 Å². The van der Waals surface area contributed by atoms with Crippen LogP contribution >= 0.6 is 0 Å². The lowest BCUT2D eigenvalue weighted by Gasteiger charge is -2.10. The molecule has 0 fully saturated rings. The van der Waals surface area contributed by atoms with Gasteiger partial charge in [-0.1, -0.05) is 13.8 Å². The predicted octanol–water partition coefficient (Wildman–Crippen LogP) is 1.56. The average Bonchev–Trinajstić information content (AvgIpc) is 2.31. The molecule has 1 aromatic rings. The van der Waals surface area contributed by atoms with Gasteiger partial charge in [-0.3, -0.25) is 0 Å². The molecule has 1 heterocycles. The summed E-state index contributed by atoms with van der Waals surface area (Å²) < 4.78 is 5.41. The Morgan fingerprint density at radius 3 is 2.62 bits per heavy atom. The minimum Gasteiger partial charge on any atom is -0.373 e. The zero-order valence-electron chi connectivity index (χ0n) is 10.2. The minimum atomic E-state index is 0.440. The molecule has 0 atom stereocenters. The van der Waals surface area contributed by atoms with Gasteiger partial charge >= 0.3 is 0 Å². The van der Waals surface area contributed by atoms with E-state index in [0.29, 0.717) is 18.2 Å². The van der Waals surface area contributed by atoms with Crippen molar-refractivity contribution < 1.29 is 4.74 Å². The minimum absolute atomic E-state index is 0.440. The summed E-state index contributed by atoms with van der Waals surface area (Å²) in [7, 11) is 0. The van der Waals surface area contributed by atoms with Crippen LogP contribution in [0, 0.1) is 6.92 Å². The van der Waals surface area contributed by atoms with Crippen molar-refractivity contribution in [2.75, 3.05) is 12.0 Å². The number of nitrogens with one attached hydrogen (secondary N) is 1. The summed E-state index contributed by atoms with van der Waals surface area (Å²) in [6.45, 7) is 7.26. The first-order chi connectivity index (χ1) is 7.72. The van der Waals surface area contributed by atoms with E-state index in [9.17, 15) is 0 Å². The van der Waals surface area contributed by atoms with Crippen LogP contribution in [0.1, 0.15) is 37.4 Å². The number of aryl methyl sites for hydroxylation is 1. The summed E-state index contributed by atoms with van der Waals surface area (Å²) in [6.07, 6.45) is 1.86. The Morgan fingerprint density at radius 1 is 1.31 bits per heavy atom. The average molecular weight is 224 g/mol. The second-order valence-electron chi connectivity index (χ2n) is 3.61. The Bertz CT molecular complexity index is 316. The maximum absolute atomic E-state index is 5.42. The highest BCUT2D eigenvalue weighted by Gasteiger charge is 2.08. The molecule has 1 aromatic heterocycles. The summed E-state index contributed by atoms with van der Waals surface area (Å²) in [6, 6.07) is 0. The smallest absolute Gasteiger partial charge is 0.156 e. The third-order valence-corrected chi connectivity index (χ3v) is 2.34. The summed E-state index contributed by atoms with van der Waals surface area (Å²) >= 11 is 0. The molecule has 0 radical (unpaired) electrons. The zero-order chi connectivity index (χ0) is 12.0. The maximum Gasteiger partial charge on any atom is 0.156 e. The van der Waals surface area contributed by atoms with E-state index in [1.165, 1.54) is 0 Å². The number of nitrogens with two attached hydrogens (primary N) is 1. The molecule has 0 amide bonds. The number of hydrazine groups is 1. The summed E-state index contributed by atoms with van der Waals surface area (Å²) in [5.41, 5.74) is 4.61. The second kappa shape index (κ2) is 6.40. The van der Waals surface area contributed by atoms with Crippen molar-refractivity contribution >= 4 is 5.82 Å². The third kappa shape index (κ3) is 3.15. The highest BCUT2D eigenvalue weighted by atomic mass is 16.5. The van der Waals surface area contributed by atoms with E-state index >= 15 is 0 Å². The molecule has 5 nitrogen and oxygen atoms in total. The van der Waals surface area contributed by atoms with Crippen LogP contribution in [0.4, 0.5) is 5.82 Å². The number of hydrogen-bond donors (Lipinski definition) is 2. The monoisotopic (exact) mass is 224 g/mol. The largest absolute Gasteiger partial charge is 0.373 e. The first-order valence-corrected chi connectivity index (χ1v) is 5.63. The lowest BCUT2D eigenvalue weighted by molar-refractivity contribution is 0.116. The fraction of sp³-hybridized carbons (Fsp3) is 0.636. The molecule has 0 saturated heterocycles. The number of nitrogen functional groups attached to an aromatic ring is 1. The zero-order valence-corrected chi connectivity index (χ0v) is 10.2. The molecule has 1 rings (SSSR count). The molecule has 3 N–H and O–H groups in total. The highest BCUT2D eigenvalue weighted by Crippen LogP contribution is 2.15. The molecule has 90 valence electrons. The molecule has 0 aliphatic rings. The number of anilines is 1. The van der Waals surface area contributed by atoms with Crippen LogP contribution < -0.4 is 11.3 Å². The number of nitrogens with zero attached hydrogens (tertiary/aromatic N) is 2. The van der Waals surface area contributed by atoms with E-state index in [4.69, 9.17) is 10.6 Å². The van der Waals surface area contributed by atoms with E-state index in [1.54, 1.807) is 0 Å². The Balaban J connectivity index is 2.84. The molecule has 0 aromatic carbocycles. The van der Waals surface area contributed by atoms with Gasteiger partial charge in [0.1, 0.15) is 12.4 Å². The molecule has 5 heteroatoms. The normalized spacial score (nSPS) is 10.5. The van der Waals surface area contributed by atoms with Crippen molar-refractivity contribution in [3.8, 4) is 0 Å². The van der Waals surface area contributed by atoms with Gasteiger partial charge in [0, 0.05) is 17.9 Å². The number of aromatic nitrogens is 2. The van der Waals surface area contributed by atoms with Crippen LogP contribution in [0.15, 0.2) is 0 Å². The van der Waals surface area contributed by atoms with Crippen LogP contribution in [0.5, 0.6) is 0 Å². The van der Waals surface area contributed by atoms with Gasteiger partial charge in [-0.2, -0.15) is 0 Å². The Morgan fingerprint density at radius 2 is 2.06 bits per heavy atom. The number of ether oxygens (including phenoxy) is 1. The summed E-state index contributed by atoms with van der Waals surface area (Å²) in [5, 5.41) is 0. The second-order valence-corrected chi connectivity index (χ2v) is 3.61. The van der Waals surface area contributed by atoms with E-state index < -0.39 is 0 Å². The maximum atomic E-state index is 5.42. The van der Waals surface area contributed by atoms with Gasteiger partial charge in [0.2, 0.25) is 0 Å². The molecule has 0 unspecified atom stereocenters. The lowest BCUT2D eigenvalue weighted by Crippen LogP contribution is -2.14. The van der Waals surface area contributed by atoms with Gasteiger partial charge in [0.15, 0.2) is 5.82 Å². The van der Waals surface area contributed by atoms with E-state index in [2.05, 4.69) is 29.2 Å². The molecule has 0 aliphatic carbocycles. The first-order valence-electron chi connectivity index (χ1n) is 5.63. The van der Waals surface area contributed by atoms with Gasteiger partial charge < -0.3 is 10.2 Å². The lowest BCUT2D eigenvalue weighted by atomic mass is 10.2. The van der Waals surface area contributed by atoms with E-state index in [0.717, 1.165) is 30.7 Å². The summed E-state index contributed by atoms with van der Waals surface area (Å²) in [4.78, 5) is 8.74. The Kier molecular flexibility index (Phi) is 5.14. The van der Waals surface area contributed by atoms with Crippen molar-refractivity contribution in [2.45, 2.75) is 40.2 Å². The van der Waals surface area contributed by atoms with Gasteiger partial charge in [-0.25, -0.2) is 15.8 Å². The molecule has 0 bridgehead atoms. The third-order valence-electron chi connectivity index (χ3n) is 2.34. The van der Waals surface area contributed by atoms with Crippen molar-refractivity contribution in [3.63, 3.8) is 0 Å². The molecule has 0 saturated carbocycles. The number of hydrogen-bond acceptors (Lipinski definition) is 5. The first kappa shape index (κ1) is 12.9. The van der Waals surface area contributed by atoms with Crippen LogP contribution in [0.2, 0.25) is 0 Å². The van der Waals surface area contributed by atoms with Crippen LogP contribution in [0.25, 0.3) is 0 Å². The van der Waals surface area contributed by atoms with E-state index in [1.807, 2.05) is 6.92 Å². The SMILES string of the molecule is CCCOCc1nc(CC)c(C)c(NN)n1. The van der Waals surface area contributed by atoms with Gasteiger partial charge in [-0.05, 0) is 19.8 Å². The molecule has 0 spiro atoms. The van der Waals surface area contributed by atoms with Crippen molar-refractivity contribution in [1.29, 1.82) is 0 Å². The fourth-order valence-electron chi connectivity index (χ4n) is 1.47. The standard InChI is InChI=1S/C11H20N4O/c1-4-6-16-7-10-13-9(5-2)8(3)11(14-10)15-12/h4-7,12H2,1-3H3,(H,13,14,15). The fourth-order valence-corrected chi connectivity index (χ4v) is 1.47. The van der Waals surface area contributed by atoms with Crippen molar-refractivity contribution in [3.05, 3.63) is 17.1 Å². The van der Waals surface area contributed by atoms with E-state index in [-0.39, 0.29) is 0 Å². The van der Waals surface area contributed by atoms with Crippen LogP contribution in [-0.2, 0) is 17.8 Å². The molecular formula is C11H20N4O. The number of rotatable bonds is 6. The Labute approximate surface area is 96.4 Å². The van der Waals surface area contributed by atoms with Crippen LogP contribution in [-0.4, -0.2) is 16.6 Å². The van der Waals surface area contributed by atoms with Gasteiger partial charge in [-0.15, -0.1) is 0 Å². The quantitative estimate of drug-likeness (QED) is 0.436. The van der Waals surface area contributed by atoms with Crippen LogP contribution in [0.3, 0.4) is 0 Å². The highest BCUT2D eigenvalue weighted by molar-refractivity contribution is 5.44. The predicted molar refractivity (Wildman–Crippen MR) is 63.9 cm³/mol. The molecular weight excluding hydrogens is 204 g/mol. The topological polar surface area (TPSA) is 73.1 Å². The van der Waals surface area contributed by atoms with Crippen molar-refractivity contribution in [1.82, 2.24) is 9.97 Å². The van der Waals surface area contributed by atoms with Gasteiger partial charge in [0.25, 0.3) is 0 Å². The van der Waals surface area contributed by atoms with Crippen molar-refractivity contribution in [2.24, 2.45) is 5.84 Å². The molecule has 16 heavy (non-hydrogen) atoms.